The van der Waals surface area contributed by atoms with Crippen LogP contribution in [0.2, 0.25) is 0 Å². The molecule has 1 aliphatic heterocycles. The third-order valence-electron chi connectivity index (χ3n) is 4.20. The molecule has 0 amide bonds. The summed E-state index contributed by atoms with van der Waals surface area (Å²) in [5, 5.41) is 18.7. The summed E-state index contributed by atoms with van der Waals surface area (Å²) in [5.41, 5.74) is 1.99. The third kappa shape index (κ3) is 4.83. The Morgan fingerprint density at radius 2 is 2.05 bits per heavy atom. The van der Waals surface area contributed by atoms with Crippen LogP contribution in [0.3, 0.4) is 0 Å². The number of carbonyl (C=O) groups is 1. The molecule has 0 aromatic heterocycles. The van der Waals surface area contributed by atoms with Gasteiger partial charge in [-0.1, -0.05) is 30.7 Å². The van der Waals surface area contributed by atoms with Crippen molar-refractivity contribution in [3.8, 4) is 0 Å². The first-order chi connectivity index (χ1) is 10.1. The number of aliphatic hydroxyl groups is 1. The number of aliphatic hydroxyl groups excluding tert-OH is 1. The number of benzene rings is 1. The Bertz CT molecular complexity index is 473. The zero-order valence-electron chi connectivity index (χ0n) is 12.7. The van der Waals surface area contributed by atoms with Gasteiger partial charge in [-0.05, 0) is 43.9 Å². The van der Waals surface area contributed by atoms with Gasteiger partial charge >= 0.3 is 5.97 Å². The van der Waals surface area contributed by atoms with E-state index in [0.717, 1.165) is 37.1 Å². The lowest BCUT2D eigenvalue weighted by Crippen LogP contribution is -2.40. The molecule has 4 heteroatoms. The Morgan fingerprint density at radius 3 is 2.71 bits per heavy atom. The van der Waals surface area contributed by atoms with Gasteiger partial charge in [0.2, 0.25) is 0 Å². The second kappa shape index (κ2) is 7.57. The van der Waals surface area contributed by atoms with Gasteiger partial charge in [-0.2, -0.15) is 0 Å². The van der Waals surface area contributed by atoms with E-state index in [4.69, 9.17) is 5.11 Å². The Kier molecular flexibility index (Phi) is 5.76. The molecule has 1 heterocycles. The first kappa shape index (κ1) is 16.0. The minimum atomic E-state index is -0.790. The van der Waals surface area contributed by atoms with Crippen LogP contribution in [0.4, 0.5) is 0 Å². The predicted octanol–water partition coefficient (Wildman–Crippen LogP) is 2.44. The first-order valence-corrected chi connectivity index (χ1v) is 7.77. The Balaban J connectivity index is 2.09. The van der Waals surface area contributed by atoms with Crippen LogP contribution in [-0.4, -0.2) is 39.8 Å². The van der Waals surface area contributed by atoms with E-state index in [-0.39, 0.29) is 12.5 Å². The number of hydrogen-bond acceptors (Lipinski definition) is 3. The largest absolute Gasteiger partial charge is 0.481 e. The van der Waals surface area contributed by atoms with E-state index in [1.54, 1.807) is 0 Å². The van der Waals surface area contributed by atoms with E-state index < -0.39 is 5.97 Å². The molecule has 2 N–H and O–H groups in total. The molecule has 21 heavy (non-hydrogen) atoms. The lowest BCUT2D eigenvalue weighted by Gasteiger charge is -2.36. The Morgan fingerprint density at radius 1 is 1.33 bits per heavy atom. The van der Waals surface area contributed by atoms with Crippen molar-refractivity contribution in [2.45, 2.75) is 57.7 Å². The molecular formula is C17H25NO3. The van der Waals surface area contributed by atoms with Gasteiger partial charge in [0.15, 0.2) is 0 Å². The SMILES string of the molecule is CC(O)CC1CCCCN1Cc1ccccc1CC(=O)O. The van der Waals surface area contributed by atoms with Gasteiger partial charge in [0, 0.05) is 12.6 Å². The quantitative estimate of drug-likeness (QED) is 0.845. The maximum Gasteiger partial charge on any atom is 0.307 e. The van der Waals surface area contributed by atoms with Crippen LogP contribution >= 0.6 is 0 Å². The average Bonchev–Trinajstić information content (AvgIpc) is 2.42. The smallest absolute Gasteiger partial charge is 0.307 e. The van der Waals surface area contributed by atoms with Crippen LogP contribution in [0.1, 0.15) is 43.7 Å². The van der Waals surface area contributed by atoms with Crippen LogP contribution in [0.5, 0.6) is 0 Å². The molecule has 0 bridgehead atoms. The maximum absolute atomic E-state index is 11.0. The fraction of sp³-hybridized carbons (Fsp3) is 0.588. The summed E-state index contributed by atoms with van der Waals surface area (Å²) >= 11 is 0. The number of nitrogens with zero attached hydrogens (tertiary/aromatic N) is 1. The molecule has 0 saturated carbocycles. The number of carboxylic acids is 1. The summed E-state index contributed by atoms with van der Waals surface area (Å²) in [5.74, 6) is -0.790. The lowest BCUT2D eigenvalue weighted by molar-refractivity contribution is -0.136. The van der Waals surface area contributed by atoms with Gasteiger partial charge in [-0.25, -0.2) is 0 Å². The molecule has 4 nitrogen and oxygen atoms in total. The van der Waals surface area contributed by atoms with E-state index in [2.05, 4.69) is 4.90 Å². The summed E-state index contributed by atoms with van der Waals surface area (Å²) < 4.78 is 0. The van der Waals surface area contributed by atoms with Crippen molar-refractivity contribution in [1.82, 2.24) is 4.90 Å². The first-order valence-electron chi connectivity index (χ1n) is 7.77. The van der Waals surface area contributed by atoms with Gasteiger partial charge in [0.05, 0.1) is 12.5 Å². The van der Waals surface area contributed by atoms with Crippen molar-refractivity contribution in [2.24, 2.45) is 0 Å². The molecule has 1 aliphatic rings. The van der Waals surface area contributed by atoms with Crippen LogP contribution in [-0.2, 0) is 17.8 Å². The molecular weight excluding hydrogens is 266 g/mol. The van der Waals surface area contributed by atoms with Gasteiger partial charge in [0.1, 0.15) is 0 Å². The summed E-state index contributed by atoms with van der Waals surface area (Å²) in [6.07, 6.45) is 4.09. The summed E-state index contributed by atoms with van der Waals surface area (Å²) in [7, 11) is 0. The van der Waals surface area contributed by atoms with Crippen molar-refractivity contribution in [1.29, 1.82) is 0 Å². The van der Waals surface area contributed by atoms with E-state index in [1.165, 1.54) is 12.8 Å². The lowest BCUT2D eigenvalue weighted by atomic mass is 9.95. The van der Waals surface area contributed by atoms with Crippen molar-refractivity contribution in [2.75, 3.05) is 6.54 Å². The van der Waals surface area contributed by atoms with Crippen LogP contribution in [0.25, 0.3) is 0 Å². The van der Waals surface area contributed by atoms with Gasteiger partial charge in [-0.15, -0.1) is 0 Å². The second-order valence-electron chi connectivity index (χ2n) is 6.04. The number of piperidine rings is 1. The molecule has 0 spiro atoms. The molecule has 1 saturated heterocycles. The molecule has 116 valence electrons. The predicted molar refractivity (Wildman–Crippen MR) is 82.1 cm³/mol. The average molecular weight is 291 g/mol. The summed E-state index contributed by atoms with van der Waals surface area (Å²) in [6.45, 7) is 3.64. The zero-order chi connectivity index (χ0) is 15.2. The number of rotatable bonds is 6. The standard InChI is InChI=1S/C17H25NO3/c1-13(19)10-16-8-4-5-9-18(16)12-15-7-3-2-6-14(15)11-17(20)21/h2-3,6-7,13,16,19H,4-5,8-12H2,1H3,(H,20,21). The van der Waals surface area contributed by atoms with E-state index >= 15 is 0 Å². The topological polar surface area (TPSA) is 60.8 Å². The molecule has 1 aromatic rings. The molecule has 0 radical (unpaired) electrons. The minimum absolute atomic E-state index is 0.0745. The molecule has 0 aliphatic carbocycles. The number of aliphatic carboxylic acids is 1. The van der Waals surface area contributed by atoms with Crippen molar-refractivity contribution >= 4 is 5.97 Å². The molecule has 2 rings (SSSR count). The monoisotopic (exact) mass is 291 g/mol. The maximum atomic E-state index is 11.0. The minimum Gasteiger partial charge on any atom is -0.481 e. The van der Waals surface area contributed by atoms with Crippen molar-refractivity contribution in [3.05, 3.63) is 35.4 Å². The van der Waals surface area contributed by atoms with Crippen molar-refractivity contribution in [3.63, 3.8) is 0 Å². The highest BCUT2D eigenvalue weighted by molar-refractivity contribution is 5.70. The zero-order valence-corrected chi connectivity index (χ0v) is 12.7. The molecule has 1 aromatic carbocycles. The summed E-state index contributed by atoms with van der Waals surface area (Å²) in [4.78, 5) is 13.4. The highest BCUT2D eigenvalue weighted by Gasteiger charge is 2.24. The summed E-state index contributed by atoms with van der Waals surface area (Å²) in [6, 6.07) is 8.18. The second-order valence-corrected chi connectivity index (χ2v) is 6.04. The molecule has 2 unspecified atom stereocenters. The fourth-order valence-electron chi connectivity index (χ4n) is 3.19. The number of carboxylic acid groups (broad SMARTS) is 1. The fourth-order valence-corrected chi connectivity index (χ4v) is 3.19. The highest BCUT2D eigenvalue weighted by atomic mass is 16.4. The molecule has 1 fully saturated rings. The third-order valence-corrected chi connectivity index (χ3v) is 4.20. The van der Waals surface area contributed by atoms with E-state index in [1.807, 2.05) is 31.2 Å². The van der Waals surface area contributed by atoms with Gasteiger partial charge < -0.3 is 10.2 Å². The van der Waals surface area contributed by atoms with E-state index in [9.17, 15) is 9.90 Å². The van der Waals surface area contributed by atoms with E-state index in [0.29, 0.717) is 6.04 Å². The van der Waals surface area contributed by atoms with Gasteiger partial charge in [0.25, 0.3) is 0 Å². The van der Waals surface area contributed by atoms with Crippen LogP contribution < -0.4 is 0 Å². The Hall–Kier alpha value is -1.39. The highest BCUT2D eigenvalue weighted by Crippen LogP contribution is 2.24. The number of hydrogen-bond donors (Lipinski definition) is 2. The van der Waals surface area contributed by atoms with Crippen LogP contribution in [0, 0.1) is 0 Å². The van der Waals surface area contributed by atoms with Crippen molar-refractivity contribution < 1.29 is 15.0 Å². The Labute approximate surface area is 126 Å². The van der Waals surface area contributed by atoms with Crippen LogP contribution in [0.15, 0.2) is 24.3 Å². The number of likely N-dealkylation sites (tertiary alicyclic amines) is 1. The van der Waals surface area contributed by atoms with Gasteiger partial charge in [-0.3, -0.25) is 9.69 Å². The molecule has 2 atom stereocenters. The normalized spacial score (nSPS) is 21.1.